The van der Waals surface area contributed by atoms with E-state index in [0.717, 1.165) is 23.2 Å². The van der Waals surface area contributed by atoms with E-state index < -0.39 is 0 Å². The normalized spacial score (nSPS) is 16.7. The fraction of sp³-hybridized carbons (Fsp3) is 0.571. The number of methoxy groups -OCH3 is 1. The lowest BCUT2D eigenvalue weighted by Crippen LogP contribution is -2.29. The molecule has 0 saturated heterocycles. The summed E-state index contributed by atoms with van der Waals surface area (Å²) in [5.74, 6) is 0. The van der Waals surface area contributed by atoms with Gasteiger partial charge in [0.1, 0.15) is 0 Å². The molecule has 1 unspecified atom stereocenters. The van der Waals surface area contributed by atoms with E-state index in [4.69, 9.17) is 10.5 Å². The van der Waals surface area contributed by atoms with Gasteiger partial charge in [0.15, 0.2) is 0 Å². The zero-order chi connectivity index (χ0) is 13.1. The third-order valence-electron chi connectivity index (χ3n) is 3.33. The Kier molecular flexibility index (Phi) is 4.65. The highest BCUT2D eigenvalue weighted by atomic mass is 79.9. The molecule has 1 atom stereocenters. The van der Waals surface area contributed by atoms with E-state index in [1.54, 1.807) is 7.11 Å². The lowest BCUT2D eigenvalue weighted by Gasteiger charge is -2.25. The van der Waals surface area contributed by atoms with Crippen molar-refractivity contribution < 1.29 is 4.74 Å². The van der Waals surface area contributed by atoms with E-state index in [1.807, 2.05) is 6.92 Å². The summed E-state index contributed by atoms with van der Waals surface area (Å²) in [6, 6.07) is 7.20. The molecule has 1 aromatic rings. The maximum atomic E-state index is 5.93. The predicted molar refractivity (Wildman–Crippen MR) is 79.0 cm³/mol. The Labute approximate surface area is 117 Å². The standard InChI is InChI=1S/C14H21BrN2O/c1-10(16)13-6-5-12(9-14(13)15)17(7-8-18-2)11-3-4-11/h5-6,9-11H,3-4,7-8,16H2,1-2H3. The second kappa shape index (κ2) is 6.04. The van der Waals surface area contributed by atoms with Crippen LogP contribution in [0.15, 0.2) is 22.7 Å². The maximum absolute atomic E-state index is 5.93. The lowest BCUT2D eigenvalue weighted by molar-refractivity contribution is 0.205. The van der Waals surface area contributed by atoms with E-state index >= 15 is 0 Å². The summed E-state index contributed by atoms with van der Waals surface area (Å²) in [4.78, 5) is 2.43. The molecule has 100 valence electrons. The van der Waals surface area contributed by atoms with Gasteiger partial charge in [0.2, 0.25) is 0 Å². The highest BCUT2D eigenvalue weighted by Gasteiger charge is 2.29. The largest absolute Gasteiger partial charge is 0.383 e. The Bertz CT molecular complexity index is 405. The molecule has 2 N–H and O–H groups in total. The topological polar surface area (TPSA) is 38.5 Å². The number of halogens is 1. The number of rotatable bonds is 6. The van der Waals surface area contributed by atoms with Gasteiger partial charge in [0, 0.05) is 35.9 Å². The molecule has 0 spiro atoms. The molecule has 1 fully saturated rings. The van der Waals surface area contributed by atoms with Gasteiger partial charge < -0.3 is 15.4 Å². The molecule has 3 nitrogen and oxygen atoms in total. The zero-order valence-electron chi connectivity index (χ0n) is 11.0. The zero-order valence-corrected chi connectivity index (χ0v) is 12.6. The van der Waals surface area contributed by atoms with Gasteiger partial charge in [-0.05, 0) is 37.5 Å². The average Bonchev–Trinajstić information content (AvgIpc) is 3.13. The quantitative estimate of drug-likeness (QED) is 0.877. The van der Waals surface area contributed by atoms with Gasteiger partial charge in [0.25, 0.3) is 0 Å². The van der Waals surface area contributed by atoms with Gasteiger partial charge in [0.05, 0.1) is 6.61 Å². The SMILES string of the molecule is COCCN(c1ccc(C(C)N)c(Br)c1)C1CC1. The third kappa shape index (κ3) is 3.25. The fourth-order valence-electron chi connectivity index (χ4n) is 2.16. The molecule has 18 heavy (non-hydrogen) atoms. The van der Waals surface area contributed by atoms with Crippen LogP contribution in [0.4, 0.5) is 5.69 Å². The Morgan fingerprint density at radius 2 is 2.22 bits per heavy atom. The summed E-state index contributed by atoms with van der Waals surface area (Å²) in [5.41, 5.74) is 8.34. The Morgan fingerprint density at radius 1 is 1.50 bits per heavy atom. The van der Waals surface area contributed by atoms with Crippen LogP contribution in [0.3, 0.4) is 0 Å². The molecule has 0 aromatic heterocycles. The number of nitrogens with zero attached hydrogens (tertiary/aromatic N) is 1. The Balaban J connectivity index is 2.17. The minimum atomic E-state index is 0.0572. The fourth-order valence-corrected chi connectivity index (χ4v) is 2.89. The average molecular weight is 313 g/mol. The van der Waals surface area contributed by atoms with E-state index in [9.17, 15) is 0 Å². The van der Waals surface area contributed by atoms with Crippen molar-refractivity contribution >= 4 is 21.6 Å². The molecular formula is C14H21BrN2O. The van der Waals surface area contributed by atoms with Crippen LogP contribution < -0.4 is 10.6 Å². The van der Waals surface area contributed by atoms with Crippen LogP contribution in [0.25, 0.3) is 0 Å². The van der Waals surface area contributed by atoms with Crippen molar-refractivity contribution in [2.24, 2.45) is 5.73 Å². The summed E-state index contributed by atoms with van der Waals surface area (Å²) in [6.45, 7) is 3.72. The summed E-state index contributed by atoms with van der Waals surface area (Å²) in [7, 11) is 1.75. The van der Waals surface area contributed by atoms with Gasteiger partial charge in [-0.15, -0.1) is 0 Å². The highest BCUT2D eigenvalue weighted by Crippen LogP contribution is 2.34. The predicted octanol–water partition coefficient (Wildman–Crippen LogP) is 3.08. The Hall–Kier alpha value is -0.580. The first-order valence-electron chi connectivity index (χ1n) is 6.44. The second-order valence-corrected chi connectivity index (χ2v) is 5.77. The molecule has 0 aliphatic heterocycles. The van der Waals surface area contributed by atoms with Gasteiger partial charge in [-0.1, -0.05) is 22.0 Å². The molecule has 1 aliphatic carbocycles. The van der Waals surface area contributed by atoms with E-state index in [0.29, 0.717) is 6.04 Å². The minimum absolute atomic E-state index is 0.0572. The second-order valence-electron chi connectivity index (χ2n) is 4.91. The van der Waals surface area contributed by atoms with Gasteiger partial charge in [-0.2, -0.15) is 0 Å². The van der Waals surface area contributed by atoms with Crippen LogP contribution in [-0.2, 0) is 4.74 Å². The third-order valence-corrected chi connectivity index (χ3v) is 4.02. The van der Waals surface area contributed by atoms with Crippen LogP contribution in [0.2, 0.25) is 0 Å². The molecule has 0 radical (unpaired) electrons. The number of nitrogens with two attached hydrogens (primary N) is 1. The van der Waals surface area contributed by atoms with Crippen LogP contribution in [0.5, 0.6) is 0 Å². The van der Waals surface area contributed by atoms with Gasteiger partial charge >= 0.3 is 0 Å². The van der Waals surface area contributed by atoms with Crippen molar-refractivity contribution in [1.29, 1.82) is 0 Å². The van der Waals surface area contributed by atoms with Crippen molar-refractivity contribution in [2.45, 2.75) is 31.8 Å². The van der Waals surface area contributed by atoms with Crippen LogP contribution in [0, 0.1) is 0 Å². The molecule has 1 aliphatic rings. The van der Waals surface area contributed by atoms with Crippen molar-refractivity contribution in [3.8, 4) is 0 Å². The minimum Gasteiger partial charge on any atom is -0.383 e. The van der Waals surface area contributed by atoms with E-state index in [-0.39, 0.29) is 6.04 Å². The first-order chi connectivity index (χ1) is 8.63. The Morgan fingerprint density at radius 3 is 2.72 bits per heavy atom. The number of ether oxygens (including phenoxy) is 1. The number of benzene rings is 1. The van der Waals surface area contributed by atoms with E-state index in [1.165, 1.54) is 18.5 Å². The number of hydrogen-bond acceptors (Lipinski definition) is 3. The highest BCUT2D eigenvalue weighted by molar-refractivity contribution is 9.10. The molecule has 1 saturated carbocycles. The molecule has 0 heterocycles. The van der Waals surface area contributed by atoms with Gasteiger partial charge in [-0.3, -0.25) is 0 Å². The molecule has 4 heteroatoms. The van der Waals surface area contributed by atoms with Crippen molar-refractivity contribution in [1.82, 2.24) is 0 Å². The van der Waals surface area contributed by atoms with Crippen molar-refractivity contribution in [3.63, 3.8) is 0 Å². The van der Waals surface area contributed by atoms with Crippen LogP contribution in [-0.4, -0.2) is 26.3 Å². The first-order valence-corrected chi connectivity index (χ1v) is 7.23. The molecule has 2 rings (SSSR count). The molecule has 1 aromatic carbocycles. The summed E-state index contributed by atoms with van der Waals surface area (Å²) in [6.07, 6.45) is 2.58. The summed E-state index contributed by atoms with van der Waals surface area (Å²) < 4.78 is 6.29. The van der Waals surface area contributed by atoms with Crippen LogP contribution in [0.1, 0.15) is 31.4 Å². The first kappa shape index (κ1) is 13.8. The summed E-state index contributed by atoms with van der Waals surface area (Å²) in [5, 5.41) is 0. The number of hydrogen-bond donors (Lipinski definition) is 1. The molecule has 0 amide bonds. The van der Waals surface area contributed by atoms with Crippen LogP contribution >= 0.6 is 15.9 Å². The summed E-state index contributed by atoms with van der Waals surface area (Å²) >= 11 is 3.62. The monoisotopic (exact) mass is 312 g/mol. The maximum Gasteiger partial charge on any atom is 0.0637 e. The van der Waals surface area contributed by atoms with Crippen molar-refractivity contribution in [2.75, 3.05) is 25.2 Å². The smallest absolute Gasteiger partial charge is 0.0637 e. The number of anilines is 1. The molecule has 0 bridgehead atoms. The molecular weight excluding hydrogens is 292 g/mol. The lowest BCUT2D eigenvalue weighted by atomic mass is 10.1. The van der Waals surface area contributed by atoms with E-state index in [2.05, 4.69) is 39.0 Å². The van der Waals surface area contributed by atoms with Gasteiger partial charge in [-0.25, -0.2) is 0 Å². The van der Waals surface area contributed by atoms with Crippen molar-refractivity contribution in [3.05, 3.63) is 28.2 Å².